The van der Waals surface area contributed by atoms with Gasteiger partial charge < -0.3 is 10.4 Å². The summed E-state index contributed by atoms with van der Waals surface area (Å²) in [7, 11) is 0. The van der Waals surface area contributed by atoms with Crippen LogP contribution in [0.1, 0.15) is 12.5 Å². The van der Waals surface area contributed by atoms with Crippen molar-refractivity contribution in [2.75, 3.05) is 16.8 Å². The molecule has 2 N–H and O–H groups in total. The summed E-state index contributed by atoms with van der Waals surface area (Å²) in [6.07, 6.45) is 0. The number of carboxylic acids is 1. The maximum atomic E-state index is 11.0. The zero-order chi connectivity index (χ0) is 12.0. The van der Waals surface area contributed by atoms with E-state index in [9.17, 15) is 4.79 Å². The molecule has 0 spiro atoms. The molecule has 0 unspecified atom stereocenters. The second-order valence-corrected chi connectivity index (χ2v) is 4.83. The van der Waals surface area contributed by atoms with Crippen LogP contribution >= 0.6 is 11.8 Å². The van der Waals surface area contributed by atoms with Gasteiger partial charge in [-0.2, -0.15) is 11.8 Å². The lowest BCUT2D eigenvalue weighted by Gasteiger charge is -2.16. The molecule has 16 heavy (non-hydrogen) atoms. The van der Waals surface area contributed by atoms with Crippen molar-refractivity contribution >= 4 is 23.4 Å². The van der Waals surface area contributed by atoms with Crippen LogP contribution < -0.4 is 5.32 Å². The van der Waals surface area contributed by atoms with Crippen LogP contribution in [0.2, 0.25) is 0 Å². The molecule has 1 aromatic carbocycles. The van der Waals surface area contributed by atoms with Gasteiger partial charge in [0.25, 0.3) is 0 Å². The van der Waals surface area contributed by atoms with Crippen molar-refractivity contribution < 1.29 is 9.90 Å². The highest BCUT2D eigenvalue weighted by Crippen LogP contribution is 2.16. The highest BCUT2D eigenvalue weighted by atomic mass is 32.2. The van der Waals surface area contributed by atoms with Crippen LogP contribution in [0.5, 0.6) is 0 Å². The van der Waals surface area contributed by atoms with Gasteiger partial charge in [0, 0.05) is 11.4 Å². The Labute approximate surface area is 100 Å². The van der Waals surface area contributed by atoms with Gasteiger partial charge in [-0.1, -0.05) is 25.1 Å². The highest BCUT2D eigenvalue weighted by Gasteiger charge is 2.17. The first kappa shape index (κ1) is 12.9. The molecule has 4 heteroatoms. The van der Waals surface area contributed by atoms with Crippen LogP contribution in [0.4, 0.5) is 5.69 Å². The molecule has 0 saturated heterocycles. The van der Waals surface area contributed by atoms with Crippen LogP contribution in [0.3, 0.4) is 0 Å². The number of para-hydroxylation sites is 1. The van der Waals surface area contributed by atoms with Crippen LogP contribution in [-0.4, -0.2) is 28.6 Å². The smallest absolute Gasteiger partial charge is 0.326 e. The van der Waals surface area contributed by atoms with E-state index in [1.165, 1.54) is 0 Å². The normalized spacial score (nSPS) is 12.1. The molecule has 1 atom stereocenters. The maximum Gasteiger partial charge on any atom is 0.326 e. The summed E-state index contributed by atoms with van der Waals surface area (Å²) >= 11 is 1.63. The van der Waals surface area contributed by atoms with Crippen molar-refractivity contribution in [3.8, 4) is 0 Å². The maximum absolute atomic E-state index is 11.0. The first-order valence-corrected chi connectivity index (χ1v) is 6.43. The fraction of sp³-hybridized carbons (Fsp3) is 0.417. The summed E-state index contributed by atoms with van der Waals surface area (Å²) in [6, 6.07) is 7.19. The van der Waals surface area contributed by atoms with Crippen LogP contribution in [0.25, 0.3) is 0 Å². The number of hydrogen-bond acceptors (Lipinski definition) is 3. The fourth-order valence-electron chi connectivity index (χ4n) is 1.33. The van der Waals surface area contributed by atoms with Crippen molar-refractivity contribution in [3.05, 3.63) is 29.8 Å². The molecule has 88 valence electrons. The van der Waals surface area contributed by atoms with Crippen LogP contribution in [0.15, 0.2) is 24.3 Å². The number of nitrogens with one attached hydrogen (secondary N) is 1. The van der Waals surface area contributed by atoms with E-state index in [0.717, 1.165) is 17.0 Å². The Bertz CT molecular complexity index is 355. The lowest BCUT2D eigenvalue weighted by atomic mass is 10.2. The zero-order valence-electron chi connectivity index (χ0n) is 9.56. The molecule has 0 amide bonds. The minimum absolute atomic E-state index is 0.522. The van der Waals surface area contributed by atoms with E-state index in [4.69, 9.17) is 5.11 Å². The second-order valence-electron chi connectivity index (χ2n) is 3.51. The van der Waals surface area contributed by atoms with Gasteiger partial charge in [0.2, 0.25) is 0 Å². The van der Waals surface area contributed by atoms with Crippen molar-refractivity contribution in [2.24, 2.45) is 0 Å². The van der Waals surface area contributed by atoms with E-state index in [0.29, 0.717) is 5.75 Å². The van der Waals surface area contributed by atoms with E-state index in [2.05, 4.69) is 5.32 Å². The number of anilines is 1. The van der Waals surface area contributed by atoms with Crippen molar-refractivity contribution in [1.29, 1.82) is 0 Å². The monoisotopic (exact) mass is 239 g/mol. The number of aryl methyl sites for hydroxylation is 1. The van der Waals surface area contributed by atoms with Gasteiger partial charge in [-0.05, 0) is 24.3 Å². The molecule has 0 aliphatic carbocycles. The lowest BCUT2D eigenvalue weighted by molar-refractivity contribution is -0.137. The standard InChI is InChI=1S/C12H17NO2S/c1-3-16-8-11(12(14)15)13-10-7-5-4-6-9(10)2/h4-7,11,13H,3,8H2,1-2H3,(H,14,15)/t11-/m0/s1. The zero-order valence-corrected chi connectivity index (χ0v) is 10.4. The van der Waals surface area contributed by atoms with Crippen molar-refractivity contribution in [2.45, 2.75) is 19.9 Å². The first-order valence-electron chi connectivity index (χ1n) is 5.28. The average molecular weight is 239 g/mol. The summed E-state index contributed by atoms with van der Waals surface area (Å²) in [4.78, 5) is 11.0. The minimum Gasteiger partial charge on any atom is -0.480 e. The van der Waals surface area contributed by atoms with Crippen LogP contribution in [0, 0.1) is 6.92 Å². The van der Waals surface area contributed by atoms with Gasteiger partial charge in [0.15, 0.2) is 0 Å². The Morgan fingerprint density at radius 1 is 1.50 bits per heavy atom. The molecular weight excluding hydrogens is 222 g/mol. The first-order chi connectivity index (χ1) is 7.65. The molecule has 0 aromatic heterocycles. The van der Waals surface area contributed by atoms with Gasteiger partial charge in [-0.3, -0.25) is 0 Å². The molecule has 0 saturated carbocycles. The van der Waals surface area contributed by atoms with E-state index < -0.39 is 12.0 Å². The van der Waals surface area contributed by atoms with Gasteiger partial charge in [-0.15, -0.1) is 0 Å². The SMILES string of the molecule is CCSC[C@H](Nc1ccccc1C)C(=O)O. The van der Waals surface area contributed by atoms with Crippen molar-refractivity contribution in [3.63, 3.8) is 0 Å². The largest absolute Gasteiger partial charge is 0.480 e. The fourth-order valence-corrected chi connectivity index (χ4v) is 2.03. The van der Waals surface area contributed by atoms with E-state index in [1.54, 1.807) is 11.8 Å². The molecule has 1 rings (SSSR count). The Kier molecular flexibility index (Phi) is 5.19. The van der Waals surface area contributed by atoms with Gasteiger partial charge in [0.1, 0.15) is 6.04 Å². The molecule has 3 nitrogen and oxygen atoms in total. The Balaban J connectivity index is 2.68. The predicted molar refractivity (Wildman–Crippen MR) is 69.2 cm³/mol. The predicted octanol–water partition coefficient (Wildman–Crippen LogP) is 2.61. The lowest BCUT2D eigenvalue weighted by Crippen LogP contribution is -2.32. The van der Waals surface area contributed by atoms with E-state index >= 15 is 0 Å². The third-order valence-corrected chi connectivity index (χ3v) is 3.24. The topological polar surface area (TPSA) is 49.3 Å². The van der Waals surface area contributed by atoms with Gasteiger partial charge >= 0.3 is 5.97 Å². The molecule has 0 bridgehead atoms. The highest BCUT2D eigenvalue weighted by molar-refractivity contribution is 7.99. The quantitative estimate of drug-likeness (QED) is 0.801. The number of aliphatic carboxylic acids is 1. The average Bonchev–Trinajstić information content (AvgIpc) is 2.26. The number of benzene rings is 1. The summed E-state index contributed by atoms with van der Waals surface area (Å²) in [6.45, 7) is 3.99. The Morgan fingerprint density at radius 3 is 2.75 bits per heavy atom. The minimum atomic E-state index is -0.802. The summed E-state index contributed by atoms with van der Waals surface area (Å²) in [5.41, 5.74) is 1.96. The van der Waals surface area contributed by atoms with E-state index in [-0.39, 0.29) is 0 Å². The number of carbonyl (C=O) groups is 1. The molecule has 0 radical (unpaired) electrons. The second kappa shape index (κ2) is 6.43. The Hall–Kier alpha value is -1.16. The van der Waals surface area contributed by atoms with Crippen LogP contribution in [-0.2, 0) is 4.79 Å². The molecular formula is C12H17NO2S. The third-order valence-electron chi connectivity index (χ3n) is 2.26. The van der Waals surface area contributed by atoms with Gasteiger partial charge in [-0.25, -0.2) is 4.79 Å². The summed E-state index contributed by atoms with van der Waals surface area (Å²) in [5, 5.41) is 12.1. The van der Waals surface area contributed by atoms with E-state index in [1.807, 2.05) is 38.1 Å². The molecule has 0 aliphatic heterocycles. The summed E-state index contributed by atoms with van der Waals surface area (Å²) in [5.74, 6) is 0.712. The number of thioether (sulfide) groups is 1. The van der Waals surface area contributed by atoms with Crippen molar-refractivity contribution in [1.82, 2.24) is 0 Å². The Morgan fingerprint density at radius 2 is 2.19 bits per heavy atom. The third kappa shape index (κ3) is 3.77. The molecule has 0 heterocycles. The molecule has 1 aromatic rings. The molecule has 0 aliphatic rings. The number of hydrogen-bond donors (Lipinski definition) is 2. The summed E-state index contributed by atoms with van der Waals surface area (Å²) < 4.78 is 0. The molecule has 0 fully saturated rings. The number of carboxylic acid groups (broad SMARTS) is 1. The number of rotatable bonds is 6. The van der Waals surface area contributed by atoms with Gasteiger partial charge in [0.05, 0.1) is 0 Å².